The molecule has 0 N–H and O–H groups in total. The van der Waals surface area contributed by atoms with Gasteiger partial charge in [0.15, 0.2) is 0 Å². The lowest BCUT2D eigenvalue weighted by Crippen LogP contribution is -2.03. The summed E-state index contributed by atoms with van der Waals surface area (Å²) in [5.41, 5.74) is 2.42. The SMILES string of the molecule is FC(F)(Cl)c1nc(-c2cccc(-c3ccc(S)cc3)c2)no1. The standard InChI is InChI=1S/C15H9ClF2N2OS/c16-15(17,18)14-19-13(20-21-14)11-3-1-2-10(8-11)9-4-6-12(22)7-5-9/h1-8,22H. The van der Waals surface area contributed by atoms with Gasteiger partial charge in [0, 0.05) is 10.5 Å². The minimum Gasteiger partial charge on any atom is -0.331 e. The van der Waals surface area contributed by atoms with Crippen molar-refractivity contribution in [3.05, 3.63) is 54.4 Å². The number of hydrogen-bond donors (Lipinski definition) is 1. The number of hydrogen-bond acceptors (Lipinski definition) is 4. The summed E-state index contributed by atoms with van der Waals surface area (Å²) >= 11 is 9.10. The number of thiol groups is 1. The summed E-state index contributed by atoms with van der Waals surface area (Å²) in [4.78, 5) is 4.48. The number of nitrogens with zero attached hydrogens (tertiary/aromatic N) is 2. The van der Waals surface area contributed by atoms with Crippen LogP contribution in [0, 0.1) is 0 Å². The Morgan fingerprint density at radius 1 is 1.00 bits per heavy atom. The van der Waals surface area contributed by atoms with Crippen molar-refractivity contribution >= 4 is 24.2 Å². The lowest BCUT2D eigenvalue weighted by Gasteiger charge is -2.03. The average molecular weight is 339 g/mol. The van der Waals surface area contributed by atoms with E-state index >= 15 is 0 Å². The van der Waals surface area contributed by atoms with E-state index in [0.717, 1.165) is 16.0 Å². The minimum atomic E-state index is -3.68. The molecule has 3 nitrogen and oxygen atoms in total. The molecule has 0 saturated carbocycles. The van der Waals surface area contributed by atoms with Crippen molar-refractivity contribution in [3.8, 4) is 22.5 Å². The lowest BCUT2D eigenvalue weighted by atomic mass is 10.0. The second-order valence-electron chi connectivity index (χ2n) is 4.55. The zero-order valence-electron chi connectivity index (χ0n) is 11.0. The number of halogens is 3. The largest absolute Gasteiger partial charge is 0.400 e. The highest BCUT2D eigenvalue weighted by atomic mass is 35.5. The van der Waals surface area contributed by atoms with Crippen LogP contribution in [0.25, 0.3) is 22.5 Å². The van der Waals surface area contributed by atoms with Crippen LogP contribution in [0.3, 0.4) is 0 Å². The van der Waals surface area contributed by atoms with Gasteiger partial charge in [0.1, 0.15) is 0 Å². The molecule has 3 rings (SSSR count). The van der Waals surface area contributed by atoms with Gasteiger partial charge in [0.2, 0.25) is 5.82 Å². The van der Waals surface area contributed by atoms with Gasteiger partial charge in [0.25, 0.3) is 0 Å². The first kappa shape index (κ1) is 15.0. The van der Waals surface area contributed by atoms with E-state index in [-0.39, 0.29) is 5.82 Å². The topological polar surface area (TPSA) is 38.9 Å². The molecule has 1 aromatic heterocycles. The highest BCUT2D eigenvalue weighted by Crippen LogP contribution is 2.32. The number of benzene rings is 2. The first-order chi connectivity index (χ1) is 10.4. The summed E-state index contributed by atoms with van der Waals surface area (Å²) in [7, 11) is 0. The molecule has 0 aliphatic heterocycles. The number of rotatable bonds is 3. The van der Waals surface area contributed by atoms with Gasteiger partial charge in [-0.25, -0.2) is 0 Å². The maximum Gasteiger partial charge on any atom is 0.400 e. The van der Waals surface area contributed by atoms with Gasteiger partial charge in [-0.2, -0.15) is 13.8 Å². The predicted octanol–water partition coefficient (Wildman–Crippen LogP) is 4.98. The fraction of sp³-hybridized carbons (Fsp3) is 0.0667. The average Bonchev–Trinajstić information content (AvgIpc) is 2.98. The van der Waals surface area contributed by atoms with Gasteiger partial charge in [-0.1, -0.05) is 35.5 Å². The molecule has 2 aromatic carbocycles. The van der Waals surface area contributed by atoms with Crippen molar-refractivity contribution in [3.63, 3.8) is 0 Å². The molecule has 0 radical (unpaired) electrons. The van der Waals surface area contributed by atoms with E-state index in [1.807, 2.05) is 30.3 Å². The van der Waals surface area contributed by atoms with Crippen LogP contribution >= 0.6 is 24.2 Å². The van der Waals surface area contributed by atoms with Gasteiger partial charge in [0.05, 0.1) is 0 Å². The molecule has 112 valence electrons. The van der Waals surface area contributed by atoms with Gasteiger partial charge in [-0.3, -0.25) is 0 Å². The van der Waals surface area contributed by atoms with Gasteiger partial charge >= 0.3 is 11.3 Å². The molecule has 0 atom stereocenters. The Labute approximate surface area is 135 Å². The lowest BCUT2D eigenvalue weighted by molar-refractivity contribution is 0.0551. The molecule has 0 fully saturated rings. The van der Waals surface area contributed by atoms with Crippen LogP contribution < -0.4 is 0 Å². The Morgan fingerprint density at radius 3 is 2.32 bits per heavy atom. The summed E-state index contributed by atoms with van der Waals surface area (Å²) in [6.07, 6.45) is 0. The van der Waals surface area contributed by atoms with E-state index in [9.17, 15) is 8.78 Å². The van der Waals surface area contributed by atoms with E-state index in [2.05, 4.69) is 27.3 Å². The third-order valence-corrected chi connectivity index (χ3v) is 3.45. The van der Waals surface area contributed by atoms with E-state index < -0.39 is 11.3 Å². The maximum absolute atomic E-state index is 12.9. The Balaban J connectivity index is 1.97. The first-order valence-electron chi connectivity index (χ1n) is 6.24. The molecule has 1 heterocycles. The first-order valence-corrected chi connectivity index (χ1v) is 7.07. The summed E-state index contributed by atoms with van der Waals surface area (Å²) in [5.74, 6) is -0.864. The Morgan fingerprint density at radius 2 is 1.68 bits per heavy atom. The Bertz CT molecular complexity index is 800. The predicted molar refractivity (Wildman–Crippen MR) is 82.2 cm³/mol. The molecule has 0 spiro atoms. The molecule has 0 aliphatic rings. The van der Waals surface area contributed by atoms with Crippen molar-refractivity contribution in [2.75, 3.05) is 0 Å². The van der Waals surface area contributed by atoms with Crippen molar-refractivity contribution in [1.82, 2.24) is 10.1 Å². The molecule has 0 saturated heterocycles. The van der Waals surface area contributed by atoms with Crippen LogP contribution in [0.5, 0.6) is 0 Å². The van der Waals surface area contributed by atoms with Crippen molar-refractivity contribution in [2.45, 2.75) is 10.3 Å². The number of alkyl halides is 3. The molecular formula is C15H9ClF2N2OS. The molecular weight excluding hydrogens is 330 g/mol. The summed E-state index contributed by atoms with van der Waals surface area (Å²) in [6, 6.07) is 14.7. The third kappa shape index (κ3) is 3.13. The van der Waals surface area contributed by atoms with Crippen LogP contribution in [0.1, 0.15) is 5.89 Å². The summed E-state index contributed by atoms with van der Waals surface area (Å²) in [6.45, 7) is 0. The fourth-order valence-electron chi connectivity index (χ4n) is 1.95. The second kappa shape index (κ2) is 5.70. The highest BCUT2D eigenvalue weighted by Gasteiger charge is 2.35. The molecule has 0 bridgehead atoms. The molecule has 7 heteroatoms. The summed E-state index contributed by atoms with van der Waals surface area (Å²) in [5, 5.41) is -0.136. The van der Waals surface area contributed by atoms with E-state index in [1.54, 1.807) is 18.2 Å². The van der Waals surface area contributed by atoms with E-state index in [0.29, 0.717) is 5.56 Å². The third-order valence-electron chi connectivity index (χ3n) is 2.99. The smallest absolute Gasteiger partial charge is 0.331 e. The maximum atomic E-state index is 12.9. The van der Waals surface area contributed by atoms with Gasteiger partial charge in [-0.15, -0.1) is 12.6 Å². The normalized spacial score (nSPS) is 11.6. The monoisotopic (exact) mass is 338 g/mol. The zero-order chi connectivity index (χ0) is 15.7. The van der Waals surface area contributed by atoms with Crippen LogP contribution in [-0.4, -0.2) is 10.1 Å². The molecule has 22 heavy (non-hydrogen) atoms. The second-order valence-corrected chi connectivity index (χ2v) is 5.54. The summed E-state index contributed by atoms with van der Waals surface area (Å²) < 4.78 is 30.3. The van der Waals surface area contributed by atoms with Gasteiger partial charge in [-0.05, 0) is 40.9 Å². The van der Waals surface area contributed by atoms with E-state index in [1.165, 1.54) is 0 Å². The zero-order valence-corrected chi connectivity index (χ0v) is 12.7. The quantitative estimate of drug-likeness (QED) is 0.540. The Hall–Kier alpha value is -1.92. The van der Waals surface area contributed by atoms with Crippen LogP contribution in [-0.2, 0) is 5.38 Å². The Kier molecular flexibility index (Phi) is 3.88. The van der Waals surface area contributed by atoms with Crippen LogP contribution in [0.15, 0.2) is 57.9 Å². The van der Waals surface area contributed by atoms with Crippen LogP contribution in [0.4, 0.5) is 8.78 Å². The van der Waals surface area contributed by atoms with Crippen molar-refractivity contribution < 1.29 is 13.3 Å². The molecule has 0 amide bonds. The minimum absolute atomic E-state index is 0.0583. The van der Waals surface area contributed by atoms with E-state index in [4.69, 9.17) is 11.6 Å². The van der Waals surface area contributed by atoms with Crippen LogP contribution in [0.2, 0.25) is 0 Å². The van der Waals surface area contributed by atoms with Crippen molar-refractivity contribution in [2.24, 2.45) is 0 Å². The highest BCUT2D eigenvalue weighted by molar-refractivity contribution is 7.80. The van der Waals surface area contributed by atoms with Crippen molar-refractivity contribution in [1.29, 1.82) is 0 Å². The molecule has 0 aliphatic carbocycles. The van der Waals surface area contributed by atoms with Gasteiger partial charge < -0.3 is 4.52 Å². The molecule has 0 unspecified atom stereocenters. The molecule has 3 aromatic rings. The number of aromatic nitrogens is 2. The fourth-order valence-corrected chi connectivity index (χ4v) is 2.17.